The van der Waals surface area contributed by atoms with Crippen LogP contribution in [0.5, 0.6) is 5.75 Å². The molecule has 1 aliphatic heterocycles. The van der Waals surface area contributed by atoms with Crippen LogP contribution >= 0.6 is 0 Å². The average Bonchev–Trinajstić information content (AvgIpc) is 2.59. The van der Waals surface area contributed by atoms with Crippen molar-refractivity contribution in [1.29, 1.82) is 0 Å². The molecule has 2 N–H and O–H groups in total. The van der Waals surface area contributed by atoms with Gasteiger partial charge in [0.05, 0.1) is 6.20 Å². The second-order valence-corrected chi connectivity index (χ2v) is 4.66. The fraction of sp³-hybridized carbons (Fsp3) is 0.462. The maximum atomic E-state index is 9.76. The summed E-state index contributed by atoms with van der Waals surface area (Å²) in [5.41, 5.74) is 0.798. The van der Waals surface area contributed by atoms with E-state index in [-0.39, 0.29) is 0 Å². The molecule has 0 aromatic carbocycles. The van der Waals surface area contributed by atoms with Gasteiger partial charge in [-0.25, -0.2) is 4.98 Å². The van der Waals surface area contributed by atoms with E-state index in [4.69, 9.17) is 0 Å². The van der Waals surface area contributed by atoms with Gasteiger partial charge in [-0.1, -0.05) is 6.42 Å². The molecule has 0 saturated carbocycles. The first-order valence-corrected chi connectivity index (χ1v) is 6.22. The third kappa shape index (κ3) is 1.89. The van der Waals surface area contributed by atoms with Crippen LogP contribution in [0, 0.1) is 0 Å². The Bertz CT molecular complexity index is 512. The predicted molar refractivity (Wildman–Crippen MR) is 66.3 cm³/mol. The van der Waals surface area contributed by atoms with E-state index in [0.29, 0.717) is 11.7 Å². The molecule has 0 bridgehead atoms. The standard InChI is InChI=1S/C13H17N3O/c17-12-5-3-7-16-11(12)9-15-13(16)10-4-1-2-6-14-8-10/h3,5,7,9-10,14,17H,1-2,4,6,8H2. The topological polar surface area (TPSA) is 49.6 Å². The number of hydrogen-bond acceptors (Lipinski definition) is 3. The quantitative estimate of drug-likeness (QED) is 0.788. The van der Waals surface area contributed by atoms with Gasteiger partial charge in [-0.3, -0.25) is 0 Å². The van der Waals surface area contributed by atoms with E-state index in [1.54, 1.807) is 12.3 Å². The van der Waals surface area contributed by atoms with Crippen molar-refractivity contribution in [2.75, 3.05) is 13.1 Å². The smallest absolute Gasteiger partial charge is 0.141 e. The molecule has 0 radical (unpaired) electrons. The largest absolute Gasteiger partial charge is 0.506 e. The Balaban J connectivity index is 2.02. The minimum absolute atomic E-state index is 0.299. The highest BCUT2D eigenvalue weighted by atomic mass is 16.3. The number of aromatic hydroxyl groups is 1. The van der Waals surface area contributed by atoms with Crippen LogP contribution in [-0.2, 0) is 0 Å². The average molecular weight is 231 g/mol. The van der Waals surface area contributed by atoms with Gasteiger partial charge in [-0.05, 0) is 31.5 Å². The third-order valence-corrected chi connectivity index (χ3v) is 3.49. The molecule has 0 spiro atoms. The molecule has 3 heterocycles. The second-order valence-electron chi connectivity index (χ2n) is 4.66. The minimum Gasteiger partial charge on any atom is -0.506 e. The summed E-state index contributed by atoms with van der Waals surface area (Å²) in [5.74, 6) is 1.81. The minimum atomic E-state index is 0.299. The van der Waals surface area contributed by atoms with Crippen LogP contribution in [0.1, 0.15) is 31.0 Å². The van der Waals surface area contributed by atoms with Crippen molar-refractivity contribution in [3.8, 4) is 5.75 Å². The molecule has 1 saturated heterocycles. The molecule has 0 aliphatic carbocycles. The second kappa shape index (κ2) is 4.37. The zero-order chi connectivity index (χ0) is 11.7. The highest BCUT2D eigenvalue weighted by molar-refractivity contribution is 5.58. The van der Waals surface area contributed by atoms with Gasteiger partial charge in [0.25, 0.3) is 0 Å². The SMILES string of the molecule is Oc1cccn2c(C3CCCCNC3)ncc12. The van der Waals surface area contributed by atoms with E-state index in [0.717, 1.165) is 24.4 Å². The van der Waals surface area contributed by atoms with Crippen molar-refractivity contribution in [2.45, 2.75) is 25.2 Å². The van der Waals surface area contributed by atoms with Crippen LogP contribution in [0.3, 0.4) is 0 Å². The van der Waals surface area contributed by atoms with Gasteiger partial charge in [-0.2, -0.15) is 0 Å². The Morgan fingerprint density at radius 2 is 2.35 bits per heavy atom. The maximum absolute atomic E-state index is 9.76. The van der Waals surface area contributed by atoms with Crippen molar-refractivity contribution >= 4 is 5.52 Å². The molecular formula is C13H17N3O. The molecule has 1 aliphatic rings. The molecule has 4 nitrogen and oxygen atoms in total. The molecule has 2 aromatic rings. The Morgan fingerprint density at radius 3 is 3.29 bits per heavy atom. The number of nitrogens with zero attached hydrogens (tertiary/aromatic N) is 2. The summed E-state index contributed by atoms with van der Waals surface area (Å²) in [5, 5.41) is 13.2. The molecule has 1 atom stereocenters. The fourth-order valence-corrected chi connectivity index (χ4v) is 2.57. The fourth-order valence-electron chi connectivity index (χ4n) is 2.57. The number of pyridine rings is 1. The van der Waals surface area contributed by atoms with Crippen LogP contribution in [0.4, 0.5) is 0 Å². The van der Waals surface area contributed by atoms with E-state index in [2.05, 4.69) is 10.3 Å². The molecule has 3 rings (SSSR count). The van der Waals surface area contributed by atoms with Crippen LogP contribution in [0.25, 0.3) is 5.52 Å². The molecule has 17 heavy (non-hydrogen) atoms. The van der Waals surface area contributed by atoms with E-state index in [9.17, 15) is 5.11 Å². The van der Waals surface area contributed by atoms with Gasteiger partial charge in [0.15, 0.2) is 0 Å². The van der Waals surface area contributed by atoms with Crippen LogP contribution in [0.15, 0.2) is 24.5 Å². The highest BCUT2D eigenvalue weighted by Crippen LogP contribution is 2.26. The summed E-state index contributed by atoms with van der Waals surface area (Å²) < 4.78 is 2.01. The lowest BCUT2D eigenvalue weighted by Crippen LogP contribution is -2.20. The van der Waals surface area contributed by atoms with Crippen molar-refractivity contribution < 1.29 is 5.11 Å². The Morgan fingerprint density at radius 1 is 1.41 bits per heavy atom. The van der Waals surface area contributed by atoms with Crippen molar-refractivity contribution in [2.24, 2.45) is 0 Å². The predicted octanol–water partition coefficient (Wildman–Crippen LogP) is 1.90. The highest BCUT2D eigenvalue weighted by Gasteiger charge is 2.19. The van der Waals surface area contributed by atoms with Crippen molar-refractivity contribution in [3.05, 3.63) is 30.4 Å². The summed E-state index contributed by atoms with van der Waals surface area (Å²) in [7, 11) is 0. The molecular weight excluding hydrogens is 214 g/mol. The van der Waals surface area contributed by atoms with Crippen LogP contribution < -0.4 is 5.32 Å². The molecule has 1 unspecified atom stereocenters. The van der Waals surface area contributed by atoms with Crippen molar-refractivity contribution in [1.82, 2.24) is 14.7 Å². The Labute approximate surface area is 100 Å². The number of aromatic nitrogens is 2. The van der Waals surface area contributed by atoms with Crippen LogP contribution in [0.2, 0.25) is 0 Å². The molecule has 90 valence electrons. The Hall–Kier alpha value is -1.55. The normalized spacial score (nSPS) is 21.5. The molecule has 4 heteroatoms. The lowest BCUT2D eigenvalue weighted by Gasteiger charge is -2.13. The van der Waals surface area contributed by atoms with E-state index < -0.39 is 0 Å². The molecule has 2 aromatic heterocycles. The van der Waals surface area contributed by atoms with Gasteiger partial charge >= 0.3 is 0 Å². The van der Waals surface area contributed by atoms with Gasteiger partial charge in [0.2, 0.25) is 0 Å². The van der Waals surface area contributed by atoms with Gasteiger partial charge in [0, 0.05) is 18.7 Å². The zero-order valence-electron chi connectivity index (χ0n) is 9.76. The van der Waals surface area contributed by atoms with E-state index in [1.807, 2.05) is 16.7 Å². The van der Waals surface area contributed by atoms with Crippen molar-refractivity contribution in [3.63, 3.8) is 0 Å². The van der Waals surface area contributed by atoms with Crippen LogP contribution in [-0.4, -0.2) is 27.6 Å². The third-order valence-electron chi connectivity index (χ3n) is 3.49. The summed E-state index contributed by atoms with van der Waals surface area (Å²) in [6.07, 6.45) is 7.38. The summed E-state index contributed by atoms with van der Waals surface area (Å²) >= 11 is 0. The molecule has 0 amide bonds. The zero-order valence-corrected chi connectivity index (χ0v) is 9.76. The first-order valence-electron chi connectivity index (χ1n) is 6.22. The summed E-state index contributed by atoms with van der Waals surface area (Å²) in [4.78, 5) is 4.48. The maximum Gasteiger partial charge on any atom is 0.141 e. The monoisotopic (exact) mass is 231 g/mol. The van der Waals surface area contributed by atoms with Gasteiger partial charge in [-0.15, -0.1) is 0 Å². The Kier molecular flexibility index (Phi) is 2.73. The lowest BCUT2D eigenvalue weighted by atomic mass is 10.0. The number of nitrogens with one attached hydrogen (secondary N) is 1. The van der Waals surface area contributed by atoms with E-state index in [1.165, 1.54) is 19.3 Å². The van der Waals surface area contributed by atoms with E-state index >= 15 is 0 Å². The number of fused-ring (bicyclic) bond motifs is 1. The van der Waals surface area contributed by atoms with Gasteiger partial charge in [0.1, 0.15) is 17.1 Å². The summed E-state index contributed by atoms with van der Waals surface area (Å²) in [6.45, 7) is 2.08. The number of rotatable bonds is 1. The van der Waals surface area contributed by atoms with Gasteiger partial charge < -0.3 is 14.8 Å². The first-order chi connectivity index (χ1) is 8.36. The molecule has 1 fully saturated rings. The first kappa shape index (κ1) is 10.6. The number of imidazole rings is 1. The lowest BCUT2D eigenvalue weighted by molar-refractivity contribution is 0.478. The summed E-state index contributed by atoms with van der Waals surface area (Å²) in [6, 6.07) is 3.56. The number of hydrogen-bond donors (Lipinski definition) is 2.